The van der Waals surface area contributed by atoms with Crippen LogP contribution in [0.4, 0.5) is 0 Å². The maximum absolute atomic E-state index is 12.1. The zero-order valence-corrected chi connectivity index (χ0v) is 14.5. The van der Waals surface area contributed by atoms with Crippen molar-refractivity contribution in [2.75, 3.05) is 7.05 Å². The first-order valence-electron chi connectivity index (χ1n) is 6.44. The largest absolute Gasteiger partial charge is 0.351 e. The van der Waals surface area contributed by atoms with Gasteiger partial charge in [0, 0.05) is 35.0 Å². The molecule has 1 unspecified atom stereocenters. The molecular weight excluding hydrogens is 329 g/mol. The van der Waals surface area contributed by atoms with Gasteiger partial charge in [0.25, 0.3) is 0 Å². The number of hydrogen-bond acceptors (Lipinski definition) is 2. The number of Topliss-reactive ketones (excluding diaryl/α,β-unsaturated/α-hetero) is 1. The van der Waals surface area contributed by atoms with Crippen LogP contribution in [0, 0.1) is 6.08 Å². The van der Waals surface area contributed by atoms with Crippen molar-refractivity contribution in [1.29, 1.82) is 0 Å². The summed E-state index contributed by atoms with van der Waals surface area (Å²) in [6.07, 6.45) is 3.31. The summed E-state index contributed by atoms with van der Waals surface area (Å²) >= 11 is 18.4. The van der Waals surface area contributed by atoms with Crippen LogP contribution in [-0.4, -0.2) is 17.7 Å². The predicted molar refractivity (Wildman–Crippen MR) is 87.8 cm³/mol. The Kier molecular flexibility index (Phi) is 4.72. The highest BCUT2D eigenvalue weighted by molar-refractivity contribution is 6.43. The van der Waals surface area contributed by atoms with Gasteiger partial charge in [-0.05, 0) is 44.5 Å². The first-order chi connectivity index (χ1) is 9.73. The normalized spacial score (nSPS) is 18.9. The molecule has 0 saturated carbocycles. The Balaban J connectivity index is 2.66. The van der Waals surface area contributed by atoms with Crippen LogP contribution in [0.1, 0.15) is 32.3 Å². The van der Waals surface area contributed by atoms with Gasteiger partial charge in [0.15, 0.2) is 5.78 Å². The molecule has 0 aromatic heterocycles. The van der Waals surface area contributed by atoms with E-state index < -0.39 is 0 Å². The van der Waals surface area contributed by atoms with Gasteiger partial charge in [-0.3, -0.25) is 4.79 Å². The highest BCUT2D eigenvalue weighted by atomic mass is 35.5. The topological polar surface area (TPSA) is 20.3 Å². The fourth-order valence-electron chi connectivity index (χ4n) is 2.47. The second-order valence-electron chi connectivity index (χ2n) is 5.06. The van der Waals surface area contributed by atoms with Gasteiger partial charge in [0.05, 0.1) is 10.0 Å². The molecular formula is C16H15Cl3NO. The summed E-state index contributed by atoms with van der Waals surface area (Å²) in [5.74, 6) is -0.340. The van der Waals surface area contributed by atoms with Gasteiger partial charge in [0.2, 0.25) is 0 Å². The lowest BCUT2D eigenvalue weighted by molar-refractivity contribution is -0.114. The maximum atomic E-state index is 12.1. The molecule has 1 aliphatic heterocycles. The standard InChI is InChI=1S/C16H15Cl3NO/c1-8-5-12(16(10(3)21)9(2)20(8)4)11-6-14(18)15(19)7-13(11)17/h6-7,12H,1-4H3. The van der Waals surface area contributed by atoms with Crippen LogP contribution >= 0.6 is 34.8 Å². The minimum atomic E-state index is -0.332. The number of halogens is 3. The zero-order chi connectivity index (χ0) is 15.9. The fraction of sp³-hybridized carbons (Fsp3) is 0.312. The molecule has 1 aliphatic rings. The van der Waals surface area contributed by atoms with E-state index in [4.69, 9.17) is 34.8 Å². The molecule has 21 heavy (non-hydrogen) atoms. The first kappa shape index (κ1) is 16.4. The molecule has 0 bridgehead atoms. The number of carbonyl (C=O) groups is 1. The lowest BCUT2D eigenvalue weighted by atomic mass is 9.84. The van der Waals surface area contributed by atoms with Crippen LogP contribution in [-0.2, 0) is 4.79 Å². The van der Waals surface area contributed by atoms with E-state index in [1.54, 1.807) is 19.1 Å². The van der Waals surface area contributed by atoms with Gasteiger partial charge in [-0.15, -0.1) is 0 Å². The Hall–Kier alpha value is -0.960. The Morgan fingerprint density at radius 2 is 1.71 bits per heavy atom. The number of ketones is 1. The molecule has 1 atom stereocenters. The molecule has 0 amide bonds. The third kappa shape index (κ3) is 2.98. The summed E-state index contributed by atoms with van der Waals surface area (Å²) in [7, 11) is 1.91. The van der Waals surface area contributed by atoms with Crippen LogP contribution in [0.5, 0.6) is 0 Å². The minimum Gasteiger partial charge on any atom is -0.351 e. The summed E-state index contributed by atoms with van der Waals surface area (Å²) < 4.78 is 0. The van der Waals surface area contributed by atoms with Crippen molar-refractivity contribution >= 4 is 40.6 Å². The second kappa shape index (κ2) is 6.04. The number of rotatable bonds is 2. The summed E-state index contributed by atoms with van der Waals surface area (Å²) in [6, 6.07) is 3.31. The molecule has 1 heterocycles. The minimum absolute atomic E-state index is 0.00788. The van der Waals surface area contributed by atoms with Gasteiger partial charge in [-0.2, -0.15) is 0 Å². The van der Waals surface area contributed by atoms with Crippen LogP contribution in [0.3, 0.4) is 0 Å². The van der Waals surface area contributed by atoms with E-state index in [2.05, 4.69) is 6.08 Å². The second-order valence-corrected chi connectivity index (χ2v) is 6.29. The maximum Gasteiger partial charge on any atom is 0.158 e. The van der Waals surface area contributed by atoms with Crippen molar-refractivity contribution in [1.82, 2.24) is 4.90 Å². The first-order valence-corrected chi connectivity index (χ1v) is 7.57. The number of carbonyl (C=O) groups excluding carboxylic acids is 1. The molecule has 2 nitrogen and oxygen atoms in total. The average molecular weight is 344 g/mol. The number of hydrogen-bond donors (Lipinski definition) is 0. The monoisotopic (exact) mass is 342 g/mol. The van der Waals surface area contributed by atoms with Crippen molar-refractivity contribution in [2.24, 2.45) is 0 Å². The quantitative estimate of drug-likeness (QED) is 0.684. The molecule has 0 fully saturated rings. The molecule has 111 valence electrons. The average Bonchev–Trinajstić information content (AvgIpc) is 2.39. The SMILES string of the molecule is CC(=O)C1=C(C)N(C)C(C)=[C]C1c1cc(Cl)c(Cl)cc1Cl. The van der Waals surface area contributed by atoms with E-state index in [1.165, 1.54) is 0 Å². The van der Waals surface area contributed by atoms with Crippen LogP contribution < -0.4 is 0 Å². The van der Waals surface area contributed by atoms with E-state index in [-0.39, 0.29) is 11.7 Å². The van der Waals surface area contributed by atoms with E-state index in [1.807, 2.05) is 25.8 Å². The molecule has 2 rings (SSSR count). The van der Waals surface area contributed by atoms with Crippen molar-refractivity contribution in [3.63, 3.8) is 0 Å². The van der Waals surface area contributed by atoms with Crippen molar-refractivity contribution in [3.8, 4) is 0 Å². The van der Waals surface area contributed by atoms with E-state index >= 15 is 0 Å². The molecule has 1 radical (unpaired) electrons. The number of benzene rings is 1. The molecule has 5 heteroatoms. The third-order valence-corrected chi connectivity index (χ3v) is 4.82. The van der Waals surface area contributed by atoms with Crippen LogP contribution in [0.15, 0.2) is 29.1 Å². The lowest BCUT2D eigenvalue weighted by Crippen LogP contribution is -2.26. The molecule has 0 saturated heterocycles. The van der Waals surface area contributed by atoms with Gasteiger partial charge in [0.1, 0.15) is 0 Å². The van der Waals surface area contributed by atoms with Gasteiger partial charge >= 0.3 is 0 Å². The van der Waals surface area contributed by atoms with Crippen molar-refractivity contribution < 1.29 is 4.79 Å². The molecule has 1 aromatic rings. The Morgan fingerprint density at radius 1 is 1.14 bits per heavy atom. The predicted octanol–water partition coefficient (Wildman–Crippen LogP) is 5.25. The number of allylic oxidation sites excluding steroid dienone is 4. The van der Waals surface area contributed by atoms with E-state index in [0.717, 1.165) is 17.0 Å². The van der Waals surface area contributed by atoms with Gasteiger partial charge in [-0.1, -0.05) is 34.8 Å². The fourth-order valence-corrected chi connectivity index (χ4v) is 3.13. The van der Waals surface area contributed by atoms with Crippen molar-refractivity contribution in [2.45, 2.75) is 26.7 Å². The van der Waals surface area contributed by atoms with Gasteiger partial charge < -0.3 is 4.90 Å². The molecule has 1 aromatic carbocycles. The Labute approximate surface area is 140 Å². The van der Waals surface area contributed by atoms with Gasteiger partial charge in [-0.25, -0.2) is 0 Å². The highest BCUT2D eigenvalue weighted by Gasteiger charge is 2.29. The van der Waals surface area contributed by atoms with Crippen LogP contribution in [0.2, 0.25) is 15.1 Å². The smallest absolute Gasteiger partial charge is 0.158 e. The molecule has 0 spiro atoms. The van der Waals surface area contributed by atoms with E-state index in [9.17, 15) is 4.79 Å². The highest BCUT2D eigenvalue weighted by Crippen LogP contribution is 2.40. The molecule has 0 aliphatic carbocycles. The Morgan fingerprint density at radius 3 is 2.29 bits per heavy atom. The zero-order valence-electron chi connectivity index (χ0n) is 12.2. The summed E-state index contributed by atoms with van der Waals surface area (Å²) in [6.45, 7) is 5.41. The summed E-state index contributed by atoms with van der Waals surface area (Å²) in [5, 5.41) is 1.28. The number of nitrogens with zero attached hydrogens (tertiary/aromatic N) is 1. The Bertz CT molecular complexity index is 676. The summed E-state index contributed by atoms with van der Waals surface area (Å²) in [4.78, 5) is 14.0. The third-order valence-electron chi connectivity index (χ3n) is 3.77. The molecule has 0 N–H and O–H groups in total. The van der Waals surface area contributed by atoms with Crippen molar-refractivity contribution in [3.05, 3.63) is 55.8 Å². The van der Waals surface area contributed by atoms with Crippen LogP contribution in [0.25, 0.3) is 0 Å². The summed E-state index contributed by atoms with van der Waals surface area (Å²) in [5.41, 5.74) is 3.24. The lowest BCUT2D eigenvalue weighted by Gasteiger charge is -2.32. The van der Waals surface area contributed by atoms with E-state index in [0.29, 0.717) is 20.6 Å².